The molecule has 0 amide bonds. The highest BCUT2D eigenvalue weighted by Gasteiger charge is 2.11. The molecular weight excluding hydrogens is 236 g/mol. The highest BCUT2D eigenvalue weighted by atomic mass is 15.1. The zero-order valence-corrected chi connectivity index (χ0v) is 11.9. The third kappa shape index (κ3) is 3.34. The molecule has 0 saturated carbocycles. The Morgan fingerprint density at radius 3 is 2.95 bits per heavy atom. The predicted molar refractivity (Wildman–Crippen MR) is 79.3 cm³/mol. The van der Waals surface area contributed by atoms with E-state index in [0.717, 1.165) is 29.9 Å². The summed E-state index contributed by atoms with van der Waals surface area (Å²) in [5.74, 6) is 1.36. The molecule has 0 saturated heterocycles. The number of rotatable bonds is 6. The van der Waals surface area contributed by atoms with E-state index < -0.39 is 0 Å². The van der Waals surface area contributed by atoms with E-state index in [9.17, 15) is 0 Å². The molecule has 0 aliphatic carbocycles. The molecule has 0 radical (unpaired) electrons. The maximum Gasteiger partial charge on any atom is 0.126 e. The maximum atomic E-state index is 4.35. The third-order valence-electron chi connectivity index (χ3n) is 3.15. The normalized spacial score (nSPS) is 10.9. The van der Waals surface area contributed by atoms with Crippen LogP contribution in [0, 0.1) is 0 Å². The van der Waals surface area contributed by atoms with E-state index in [1.54, 1.807) is 0 Å². The van der Waals surface area contributed by atoms with Crippen LogP contribution in [0.2, 0.25) is 0 Å². The van der Waals surface area contributed by atoms with E-state index in [4.69, 9.17) is 0 Å². The molecule has 2 heterocycles. The zero-order chi connectivity index (χ0) is 13.7. The van der Waals surface area contributed by atoms with Crippen molar-refractivity contribution in [3.05, 3.63) is 30.2 Å². The fourth-order valence-electron chi connectivity index (χ4n) is 2.05. The first kappa shape index (κ1) is 13.6. The van der Waals surface area contributed by atoms with Crippen LogP contribution in [0.25, 0.3) is 11.1 Å². The number of unbranched alkanes of at least 4 members (excludes halogenated alkanes) is 1. The molecule has 0 atom stereocenters. The van der Waals surface area contributed by atoms with Gasteiger partial charge in [0.05, 0.1) is 6.20 Å². The van der Waals surface area contributed by atoms with Crippen LogP contribution in [0.4, 0.5) is 5.82 Å². The van der Waals surface area contributed by atoms with Gasteiger partial charge in [0.1, 0.15) is 5.82 Å². The number of anilines is 1. The molecule has 0 spiro atoms. The molecule has 2 aromatic rings. The Morgan fingerprint density at radius 1 is 1.37 bits per heavy atom. The second-order valence-electron chi connectivity index (χ2n) is 5.06. The van der Waals surface area contributed by atoms with Crippen LogP contribution in [-0.2, 0) is 0 Å². The van der Waals surface area contributed by atoms with Gasteiger partial charge in [-0.05, 0) is 30.0 Å². The Bertz CT molecular complexity index is 516. The van der Waals surface area contributed by atoms with Gasteiger partial charge in [0.25, 0.3) is 0 Å². The Labute approximate surface area is 114 Å². The van der Waals surface area contributed by atoms with Gasteiger partial charge in [0.2, 0.25) is 0 Å². The highest BCUT2D eigenvalue weighted by molar-refractivity contribution is 5.68. The largest absolute Gasteiger partial charge is 0.370 e. The van der Waals surface area contributed by atoms with Gasteiger partial charge >= 0.3 is 0 Å². The lowest BCUT2D eigenvalue weighted by Gasteiger charge is -2.09. The minimum Gasteiger partial charge on any atom is -0.370 e. The fourth-order valence-corrected chi connectivity index (χ4v) is 2.05. The molecule has 0 unspecified atom stereocenters. The van der Waals surface area contributed by atoms with Crippen LogP contribution < -0.4 is 5.32 Å². The van der Waals surface area contributed by atoms with Crippen LogP contribution in [0.1, 0.15) is 45.2 Å². The second-order valence-corrected chi connectivity index (χ2v) is 5.06. The molecule has 0 aromatic carbocycles. The van der Waals surface area contributed by atoms with E-state index in [0.29, 0.717) is 5.92 Å². The van der Waals surface area contributed by atoms with Crippen LogP contribution in [0.3, 0.4) is 0 Å². The lowest BCUT2D eigenvalue weighted by molar-refractivity contribution is 0.812. The predicted octanol–water partition coefficient (Wildman–Crippen LogP) is 3.81. The second kappa shape index (κ2) is 6.36. The van der Waals surface area contributed by atoms with Crippen molar-refractivity contribution in [2.75, 3.05) is 11.9 Å². The molecule has 102 valence electrons. The zero-order valence-electron chi connectivity index (χ0n) is 11.9. The van der Waals surface area contributed by atoms with Crippen molar-refractivity contribution < 1.29 is 0 Å². The van der Waals surface area contributed by atoms with Crippen molar-refractivity contribution in [1.29, 1.82) is 0 Å². The van der Waals surface area contributed by atoms with E-state index >= 15 is 0 Å². The lowest BCUT2D eigenvalue weighted by Crippen LogP contribution is -2.02. The standard InChI is InChI=1S/C15H22N4/c1-4-5-7-16-14-9-12(6-8-17-14)13-10-18-19-15(13)11(2)3/h6,8-11H,4-5,7H2,1-3H3,(H,16,17)(H,18,19). The summed E-state index contributed by atoms with van der Waals surface area (Å²) < 4.78 is 0. The van der Waals surface area contributed by atoms with Crippen LogP contribution in [0.5, 0.6) is 0 Å². The molecule has 4 nitrogen and oxygen atoms in total. The van der Waals surface area contributed by atoms with E-state index in [1.807, 2.05) is 18.5 Å². The number of aromatic nitrogens is 3. The average molecular weight is 258 g/mol. The number of hydrogen-bond donors (Lipinski definition) is 2. The van der Waals surface area contributed by atoms with Crippen molar-refractivity contribution in [3.63, 3.8) is 0 Å². The third-order valence-corrected chi connectivity index (χ3v) is 3.15. The Hall–Kier alpha value is -1.84. The summed E-state index contributed by atoms with van der Waals surface area (Å²) in [6, 6.07) is 4.12. The van der Waals surface area contributed by atoms with Gasteiger partial charge in [0, 0.05) is 24.0 Å². The summed E-state index contributed by atoms with van der Waals surface area (Å²) in [4.78, 5) is 4.35. The minimum atomic E-state index is 0.433. The number of nitrogens with zero attached hydrogens (tertiary/aromatic N) is 2. The van der Waals surface area contributed by atoms with Gasteiger partial charge in [-0.3, -0.25) is 5.10 Å². The van der Waals surface area contributed by atoms with Gasteiger partial charge in [-0.25, -0.2) is 4.98 Å². The van der Waals surface area contributed by atoms with Gasteiger partial charge in [0.15, 0.2) is 0 Å². The topological polar surface area (TPSA) is 53.6 Å². The first-order valence-electron chi connectivity index (χ1n) is 6.96. The van der Waals surface area contributed by atoms with Gasteiger partial charge in [-0.1, -0.05) is 27.2 Å². The quantitative estimate of drug-likeness (QED) is 0.775. The van der Waals surface area contributed by atoms with Gasteiger partial charge < -0.3 is 5.32 Å². The van der Waals surface area contributed by atoms with E-state index in [-0.39, 0.29) is 0 Å². The van der Waals surface area contributed by atoms with Gasteiger partial charge in [-0.2, -0.15) is 5.10 Å². The first-order chi connectivity index (χ1) is 9.22. The molecule has 2 N–H and O–H groups in total. The maximum absolute atomic E-state index is 4.35. The van der Waals surface area contributed by atoms with Crippen molar-refractivity contribution in [2.24, 2.45) is 0 Å². The van der Waals surface area contributed by atoms with Crippen molar-refractivity contribution >= 4 is 5.82 Å². The van der Waals surface area contributed by atoms with Crippen molar-refractivity contribution in [2.45, 2.75) is 39.5 Å². The molecule has 2 aromatic heterocycles. The SMILES string of the molecule is CCCCNc1cc(-c2cn[nH]c2C(C)C)ccn1. The fraction of sp³-hybridized carbons (Fsp3) is 0.467. The number of pyridine rings is 1. The lowest BCUT2D eigenvalue weighted by atomic mass is 10.0. The molecule has 2 rings (SSSR count). The smallest absolute Gasteiger partial charge is 0.126 e. The summed E-state index contributed by atoms with van der Waals surface area (Å²) >= 11 is 0. The Balaban J connectivity index is 2.20. The molecular formula is C15H22N4. The number of hydrogen-bond acceptors (Lipinski definition) is 3. The molecule has 0 aliphatic rings. The molecule has 0 bridgehead atoms. The van der Waals surface area contributed by atoms with Gasteiger partial charge in [-0.15, -0.1) is 0 Å². The summed E-state index contributed by atoms with van der Waals surface area (Å²) in [5, 5.41) is 10.6. The monoisotopic (exact) mass is 258 g/mol. The number of H-pyrrole nitrogens is 1. The van der Waals surface area contributed by atoms with E-state index in [1.165, 1.54) is 12.1 Å². The molecule has 0 aliphatic heterocycles. The summed E-state index contributed by atoms with van der Waals surface area (Å²) in [6.07, 6.45) is 6.09. The summed E-state index contributed by atoms with van der Waals surface area (Å²) in [7, 11) is 0. The summed E-state index contributed by atoms with van der Waals surface area (Å²) in [5.41, 5.74) is 3.49. The molecule has 19 heavy (non-hydrogen) atoms. The number of aromatic amines is 1. The molecule has 0 fully saturated rings. The first-order valence-corrected chi connectivity index (χ1v) is 6.96. The average Bonchev–Trinajstić information content (AvgIpc) is 2.89. The highest BCUT2D eigenvalue weighted by Crippen LogP contribution is 2.27. The number of nitrogens with one attached hydrogen (secondary N) is 2. The van der Waals surface area contributed by atoms with Crippen LogP contribution in [-0.4, -0.2) is 21.7 Å². The van der Waals surface area contributed by atoms with Crippen LogP contribution in [0.15, 0.2) is 24.5 Å². The van der Waals surface area contributed by atoms with Crippen molar-refractivity contribution in [1.82, 2.24) is 15.2 Å². The van der Waals surface area contributed by atoms with Crippen molar-refractivity contribution in [3.8, 4) is 11.1 Å². The summed E-state index contributed by atoms with van der Waals surface area (Å²) in [6.45, 7) is 7.48. The van der Waals surface area contributed by atoms with Crippen LogP contribution >= 0.6 is 0 Å². The Kier molecular flexibility index (Phi) is 4.55. The Morgan fingerprint density at radius 2 is 2.21 bits per heavy atom. The minimum absolute atomic E-state index is 0.433. The molecule has 4 heteroatoms. The van der Waals surface area contributed by atoms with E-state index in [2.05, 4.69) is 47.3 Å².